The van der Waals surface area contributed by atoms with Crippen molar-refractivity contribution in [3.8, 4) is 5.69 Å². The highest BCUT2D eigenvalue weighted by Crippen LogP contribution is 2.11. The number of fused-ring (bicyclic) bond motifs is 1. The fraction of sp³-hybridized carbons (Fsp3) is 0.250. The molecular weight excluding hydrogens is 365 g/mol. The molecule has 1 fully saturated rings. The molecule has 0 aliphatic carbocycles. The molecule has 0 atom stereocenters. The SMILES string of the molecule is O=C(Cn1c(=O)n(-c2ccc(F)cc2)c(=O)c2ccccc21)N1CCOCC1. The summed E-state index contributed by atoms with van der Waals surface area (Å²) in [4.78, 5) is 40.4. The first-order valence-corrected chi connectivity index (χ1v) is 8.92. The highest BCUT2D eigenvalue weighted by molar-refractivity contribution is 5.82. The van der Waals surface area contributed by atoms with Crippen LogP contribution in [0.1, 0.15) is 0 Å². The molecule has 0 bridgehead atoms. The third kappa shape index (κ3) is 3.22. The lowest BCUT2D eigenvalue weighted by Gasteiger charge is -2.27. The Kier molecular flexibility index (Phi) is 4.79. The Morgan fingerprint density at radius 2 is 1.68 bits per heavy atom. The minimum absolute atomic E-state index is 0.194. The standard InChI is InChI=1S/C20H18FN3O4/c21-14-5-7-15(8-6-14)24-19(26)16-3-1-2-4-17(16)23(20(24)27)13-18(25)22-9-11-28-12-10-22/h1-8H,9-13H2. The maximum Gasteiger partial charge on any atom is 0.336 e. The Bertz CT molecular complexity index is 1140. The van der Waals surface area contributed by atoms with Crippen molar-refractivity contribution in [2.24, 2.45) is 0 Å². The lowest BCUT2D eigenvalue weighted by atomic mass is 10.2. The third-order valence-corrected chi connectivity index (χ3v) is 4.79. The van der Waals surface area contributed by atoms with Gasteiger partial charge in [-0.1, -0.05) is 12.1 Å². The number of para-hydroxylation sites is 1. The molecule has 144 valence electrons. The molecule has 8 heteroatoms. The average molecular weight is 383 g/mol. The maximum atomic E-state index is 13.3. The van der Waals surface area contributed by atoms with E-state index in [2.05, 4.69) is 0 Å². The van der Waals surface area contributed by atoms with Crippen LogP contribution in [0, 0.1) is 5.82 Å². The summed E-state index contributed by atoms with van der Waals surface area (Å²) in [5.74, 6) is -0.694. The fourth-order valence-corrected chi connectivity index (χ4v) is 3.34. The van der Waals surface area contributed by atoms with Gasteiger partial charge in [0.05, 0.1) is 29.8 Å². The summed E-state index contributed by atoms with van der Waals surface area (Å²) in [7, 11) is 0. The number of aromatic nitrogens is 2. The first kappa shape index (κ1) is 18.1. The van der Waals surface area contributed by atoms with Crippen molar-refractivity contribution < 1.29 is 13.9 Å². The summed E-state index contributed by atoms with van der Waals surface area (Å²) in [5.41, 5.74) is -0.522. The minimum atomic E-state index is -0.642. The molecule has 1 saturated heterocycles. The molecular formula is C20H18FN3O4. The van der Waals surface area contributed by atoms with E-state index in [1.807, 2.05) is 0 Å². The average Bonchev–Trinajstić information content (AvgIpc) is 2.73. The molecule has 1 aliphatic rings. The molecule has 0 N–H and O–H groups in total. The van der Waals surface area contributed by atoms with Crippen LogP contribution in [0.3, 0.4) is 0 Å². The Labute approximate surface area is 159 Å². The molecule has 0 spiro atoms. The topological polar surface area (TPSA) is 73.5 Å². The highest BCUT2D eigenvalue weighted by atomic mass is 19.1. The van der Waals surface area contributed by atoms with E-state index in [-0.39, 0.29) is 18.1 Å². The van der Waals surface area contributed by atoms with Gasteiger partial charge in [0, 0.05) is 13.1 Å². The first-order valence-electron chi connectivity index (χ1n) is 8.92. The summed E-state index contributed by atoms with van der Waals surface area (Å²) in [6, 6.07) is 11.7. The predicted octanol–water partition coefficient (Wildman–Crippen LogP) is 1.15. The Morgan fingerprint density at radius 1 is 1.00 bits per heavy atom. The van der Waals surface area contributed by atoms with Gasteiger partial charge in [0.1, 0.15) is 12.4 Å². The minimum Gasteiger partial charge on any atom is -0.378 e. The molecule has 3 aromatic rings. The zero-order valence-electron chi connectivity index (χ0n) is 15.0. The van der Waals surface area contributed by atoms with Crippen LogP contribution in [0.25, 0.3) is 16.6 Å². The van der Waals surface area contributed by atoms with Crippen LogP contribution >= 0.6 is 0 Å². The molecule has 4 rings (SSSR count). The van der Waals surface area contributed by atoms with Crippen LogP contribution in [-0.4, -0.2) is 46.2 Å². The van der Waals surface area contributed by atoms with E-state index in [0.717, 1.165) is 4.57 Å². The van der Waals surface area contributed by atoms with Crippen LogP contribution in [0.4, 0.5) is 4.39 Å². The second kappa shape index (κ2) is 7.40. The van der Waals surface area contributed by atoms with Gasteiger partial charge in [-0.2, -0.15) is 0 Å². The van der Waals surface area contributed by atoms with Crippen molar-refractivity contribution in [2.75, 3.05) is 26.3 Å². The van der Waals surface area contributed by atoms with Gasteiger partial charge in [-0.25, -0.2) is 13.8 Å². The fourth-order valence-electron chi connectivity index (χ4n) is 3.34. The molecule has 1 aromatic heterocycles. The molecule has 2 aromatic carbocycles. The molecule has 0 saturated carbocycles. The van der Waals surface area contributed by atoms with Crippen LogP contribution in [0.5, 0.6) is 0 Å². The number of hydrogen-bond donors (Lipinski definition) is 0. The van der Waals surface area contributed by atoms with Crippen LogP contribution in [0.2, 0.25) is 0 Å². The third-order valence-electron chi connectivity index (χ3n) is 4.79. The second-order valence-electron chi connectivity index (χ2n) is 6.50. The van der Waals surface area contributed by atoms with Gasteiger partial charge in [-0.15, -0.1) is 0 Å². The number of carbonyl (C=O) groups excluding carboxylic acids is 1. The Hall–Kier alpha value is -3.26. The number of carbonyl (C=O) groups is 1. The van der Waals surface area contributed by atoms with Crippen molar-refractivity contribution in [1.82, 2.24) is 14.0 Å². The van der Waals surface area contributed by atoms with E-state index in [0.29, 0.717) is 37.2 Å². The van der Waals surface area contributed by atoms with Crippen LogP contribution in [0.15, 0.2) is 58.1 Å². The summed E-state index contributed by atoms with van der Waals surface area (Å²) in [6.07, 6.45) is 0. The van der Waals surface area contributed by atoms with Gasteiger partial charge >= 0.3 is 5.69 Å². The Morgan fingerprint density at radius 3 is 2.39 bits per heavy atom. The molecule has 2 heterocycles. The molecule has 7 nitrogen and oxygen atoms in total. The summed E-state index contributed by atoms with van der Waals surface area (Å²) >= 11 is 0. The lowest BCUT2D eigenvalue weighted by Crippen LogP contribution is -2.45. The van der Waals surface area contributed by atoms with E-state index < -0.39 is 17.1 Å². The molecule has 0 unspecified atom stereocenters. The van der Waals surface area contributed by atoms with Crippen molar-refractivity contribution in [1.29, 1.82) is 0 Å². The lowest BCUT2D eigenvalue weighted by molar-refractivity contribution is -0.135. The number of morpholine rings is 1. The number of nitrogens with zero attached hydrogens (tertiary/aromatic N) is 3. The summed E-state index contributed by atoms with van der Waals surface area (Å²) in [5, 5.41) is 0.307. The molecule has 1 amide bonds. The number of halogens is 1. The van der Waals surface area contributed by atoms with Crippen molar-refractivity contribution in [2.45, 2.75) is 6.54 Å². The normalized spacial score (nSPS) is 14.4. The highest BCUT2D eigenvalue weighted by Gasteiger charge is 2.21. The smallest absolute Gasteiger partial charge is 0.336 e. The quantitative estimate of drug-likeness (QED) is 0.680. The second-order valence-corrected chi connectivity index (χ2v) is 6.50. The maximum absolute atomic E-state index is 13.3. The van der Waals surface area contributed by atoms with Gasteiger partial charge in [-0.05, 0) is 36.4 Å². The monoisotopic (exact) mass is 383 g/mol. The van der Waals surface area contributed by atoms with E-state index in [9.17, 15) is 18.8 Å². The number of benzene rings is 2. The number of hydrogen-bond acceptors (Lipinski definition) is 4. The number of ether oxygens (including phenoxy) is 1. The largest absolute Gasteiger partial charge is 0.378 e. The van der Waals surface area contributed by atoms with E-state index in [4.69, 9.17) is 4.74 Å². The van der Waals surface area contributed by atoms with Gasteiger partial charge in [0.2, 0.25) is 5.91 Å². The van der Waals surface area contributed by atoms with Gasteiger partial charge in [0.25, 0.3) is 5.56 Å². The number of rotatable bonds is 3. The van der Waals surface area contributed by atoms with E-state index in [1.165, 1.54) is 28.8 Å². The van der Waals surface area contributed by atoms with Gasteiger partial charge in [0.15, 0.2) is 0 Å². The molecule has 1 aliphatic heterocycles. The van der Waals surface area contributed by atoms with Gasteiger partial charge in [-0.3, -0.25) is 14.2 Å². The van der Waals surface area contributed by atoms with Gasteiger partial charge < -0.3 is 9.64 Å². The Balaban J connectivity index is 1.87. The predicted molar refractivity (Wildman–Crippen MR) is 101 cm³/mol. The first-order chi connectivity index (χ1) is 13.6. The van der Waals surface area contributed by atoms with E-state index in [1.54, 1.807) is 29.2 Å². The molecule has 0 radical (unpaired) electrons. The van der Waals surface area contributed by atoms with Crippen LogP contribution in [-0.2, 0) is 16.1 Å². The van der Waals surface area contributed by atoms with Crippen LogP contribution < -0.4 is 11.2 Å². The summed E-state index contributed by atoms with van der Waals surface area (Å²) < 4.78 is 20.8. The zero-order valence-corrected chi connectivity index (χ0v) is 15.0. The zero-order chi connectivity index (χ0) is 19.7. The van der Waals surface area contributed by atoms with E-state index >= 15 is 0 Å². The van der Waals surface area contributed by atoms with Crippen molar-refractivity contribution >= 4 is 16.8 Å². The summed E-state index contributed by atoms with van der Waals surface area (Å²) in [6.45, 7) is 1.64. The van der Waals surface area contributed by atoms with Crippen molar-refractivity contribution in [3.05, 3.63) is 75.2 Å². The number of amides is 1. The molecule has 28 heavy (non-hydrogen) atoms. The van der Waals surface area contributed by atoms with Crippen molar-refractivity contribution in [3.63, 3.8) is 0 Å².